The molecule has 0 unspecified atom stereocenters. The first kappa shape index (κ1) is 16.1. The Balaban J connectivity index is 2.38. The minimum atomic E-state index is -3.67. The Morgan fingerprint density at radius 1 is 1.38 bits per heavy atom. The van der Waals surface area contributed by atoms with E-state index in [1.165, 1.54) is 13.2 Å². The molecule has 1 heterocycles. The molecule has 3 N–H and O–H groups in total. The highest BCUT2D eigenvalue weighted by Crippen LogP contribution is 2.33. The van der Waals surface area contributed by atoms with Gasteiger partial charge in [0, 0.05) is 22.5 Å². The maximum atomic E-state index is 12.4. The summed E-state index contributed by atoms with van der Waals surface area (Å²) in [5, 5.41) is 0.510. The average Bonchev–Trinajstić information content (AvgIpc) is 2.92. The molecule has 114 valence electrons. The van der Waals surface area contributed by atoms with Gasteiger partial charge in [0.1, 0.15) is 9.96 Å². The average molecular weight is 347 g/mol. The second-order valence-electron chi connectivity index (χ2n) is 4.33. The fourth-order valence-electron chi connectivity index (χ4n) is 1.72. The molecule has 0 saturated heterocycles. The number of sulfonamides is 1. The van der Waals surface area contributed by atoms with Crippen LogP contribution < -0.4 is 15.2 Å². The molecule has 0 fully saturated rings. The predicted molar refractivity (Wildman–Crippen MR) is 85.8 cm³/mol. The molecule has 0 spiro atoms. The number of hydrogen-bond acceptors (Lipinski definition) is 5. The first-order valence-electron chi connectivity index (χ1n) is 6.03. The molecule has 2 rings (SSSR count). The Morgan fingerprint density at radius 2 is 2.10 bits per heavy atom. The van der Waals surface area contributed by atoms with Gasteiger partial charge in [0.25, 0.3) is 10.0 Å². The van der Waals surface area contributed by atoms with E-state index in [1.807, 2.05) is 0 Å². The molecular formula is C13H15ClN2O3S2. The SMILES string of the molecule is COc1cc(Cl)c(C)cc1NS(=O)(=O)c1ccc(CN)s1. The number of halogens is 1. The normalized spacial score (nSPS) is 11.4. The van der Waals surface area contributed by atoms with Crippen molar-refractivity contribution in [1.82, 2.24) is 0 Å². The van der Waals surface area contributed by atoms with Crippen molar-refractivity contribution in [2.24, 2.45) is 5.73 Å². The molecule has 0 aliphatic carbocycles. The number of methoxy groups -OCH3 is 1. The standard InChI is InChI=1S/C13H15ClN2O3S2/c1-8-5-11(12(19-2)6-10(8)14)16-21(17,18)13-4-3-9(7-15)20-13/h3-6,16H,7,15H2,1-2H3. The molecule has 1 aromatic heterocycles. The molecule has 21 heavy (non-hydrogen) atoms. The van der Waals surface area contributed by atoms with Crippen LogP contribution in [0.1, 0.15) is 10.4 Å². The van der Waals surface area contributed by atoms with E-state index in [0.29, 0.717) is 23.0 Å². The minimum Gasteiger partial charge on any atom is -0.495 e. The van der Waals surface area contributed by atoms with Crippen LogP contribution in [0.4, 0.5) is 5.69 Å². The molecule has 0 radical (unpaired) electrons. The van der Waals surface area contributed by atoms with Crippen LogP contribution in [0.15, 0.2) is 28.5 Å². The van der Waals surface area contributed by atoms with Gasteiger partial charge in [0.2, 0.25) is 0 Å². The molecule has 0 saturated carbocycles. The zero-order valence-electron chi connectivity index (χ0n) is 11.5. The lowest BCUT2D eigenvalue weighted by Crippen LogP contribution is -2.12. The Hall–Kier alpha value is -1.28. The zero-order valence-corrected chi connectivity index (χ0v) is 13.9. The number of thiophene rings is 1. The van der Waals surface area contributed by atoms with Crippen LogP contribution in [-0.2, 0) is 16.6 Å². The van der Waals surface area contributed by atoms with Crippen molar-refractivity contribution in [1.29, 1.82) is 0 Å². The highest BCUT2D eigenvalue weighted by Gasteiger charge is 2.19. The lowest BCUT2D eigenvalue weighted by atomic mass is 10.2. The number of anilines is 1. The van der Waals surface area contributed by atoms with Crippen molar-refractivity contribution in [3.05, 3.63) is 39.7 Å². The molecule has 1 aromatic carbocycles. The Kier molecular flexibility index (Phi) is 4.77. The summed E-state index contributed by atoms with van der Waals surface area (Å²) in [6.45, 7) is 2.10. The molecule has 8 heteroatoms. The summed E-state index contributed by atoms with van der Waals surface area (Å²) in [7, 11) is -2.22. The highest BCUT2D eigenvalue weighted by atomic mass is 35.5. The third-order valence-corrected chi connectivity index (χ3v) is 6.20. The molecule has 0 amide bonds. The van der Waals surface area contributed by atoms with Gasteiger partial charge in [0.15, 0.2) is 0 Å². The van der Waals surface area contributed by atoms with Crippen molar-refractivity contribution in [3.63, 3.8) is 0 Å². The fourth-order valence-corrected chi connectivity index (χ4v) is 4.17. The van der Waals surface area contributed by atoms with Crippen molar-refractivity contribution < 1.29 is 13.2 Å². The van der Waals surface area contributed by atoms with E-state index in [-0.39, 0.29) is 4.21 Å². The van der Waals surface area contributed by atoms with E-state index in [9.17, 15) is 8.42 Å². The number of ether oxygens (including phenoxy) is 1. The van der Waals surface area contributed by atoms with Gasteiger partial charge in [-0.1, -0.05) is 11.6 Å². The topological polar surface area (TPSA) is 81.4 Å². The van der Waals surface area contributed by atoms with Crippen LogP contribution in [-0.4, -0.2) is 15.5 Å². The first-order chi connectivity index (χ1) is 9.87. The van der Waals surface area contributed by atoms with Gasteiger partial charge < -0.3 is 10.5 Å². The molecule has 5 nitrogen and oxygen atoms in total. The zero-order chi connectivity index (χ0) is 15.6. The number of benzene rings is 1. The highest BCUT2D eigenvalue weighted by molar-refractivity contribution is 7.94. The van der Waals surface area contributed by atoms with E-state index in [1.54, 1.807) is 25.1 Å². The Labute approximate surface area is 132 Å². The van der Waals surface area contributed by atoms with E-state index >= 15 is 0 Å². The molecule has 0 aliphatic heterocycles. The van der Waals surface area contributed by atoms with Crippen LogP contribution in [0.5, 0.6) is 5.75 Å². The lowest BCUT2D eigenvalue weighted by molar-refractivity contribution is 0.417. The van der Waals surface area contributed by atoms with Crippen LogP contribution in [0.3, 0.4) is 0 Å². The Bertz CT molecular complexity index is 757. The van der Waals surface area contributed by atoms with Gasteiger partial charge in [-0.25, -0.2) is 8.42 Å². The van der Waals surface area contributed by atoms with Crippen molar-refractivity contribution >= 4 is 38.6 Å². The van der Waals surface area contributed by atoms with Crippen LogP contribution in [0.2, 0.25) is 5.02 Å². The summed E-state index contributed by atoms with van der Waals surface area (Å²) in [6.07, 6.45) is 0. The quantitative estimate of drug-likeness (QED) is 0.872. The first-order valence-corrected chi connectivity index (χ1v) is 8.71. The molecule has 0 bridgehead atoms. The maximum Gasteiger partial charge on any atom is 0.271 e. The molecule has 0 aliphatic rings. The van der Waals surface area contributed by atoms with E-state index in [2.05, 4.69) is 4.72 Å². The van der Waals surface area contributed by atoms with Gasteiger partial charge >= 0.3 is 0 Å². The number of nitrogens with one attached hydrogen (secondary N) is 1. The second-order valence-corrected chi connectivity index (χ2v) is 7.82. The minimum absolute atomic E-state index is 0.206. The summed E-state index contributed by atoms with van der Waals surface area (Å²) in [4.78, 5) is 0.801. The van der Waals surface area contributed by atoms with Crippen molar-refractivity contribution in [2.75, 3.05) is 11.8 Å². The molecule has 0 atom stereocenters. The summed E-state index contributed by atoms with van der Waals surface area (Å²) in [6, 6.07) is 6.44. The number of nitrogens with two attached hydrogens (primary N) is 1. The van der Waals surface area contributed by atoms with Crippen LogP contribution >= 0.6 is 22.9 Å². The summed E-state index contributed by atoms with van der Waals surface area (Å²) >= 11 is 7.14. The lowest BCUT2D eigenvalue weighted by Gasteiger charge is -2.12. The fraction of sp³-hybridized carbons (Fsp3) is 0.231. The van der Waals surface area contributed by atoms with Crippen molar-refractivity contribution in [3.8, 4) is 5.75 Å². The van der Waals surface area contributed by atoms with Crippen molar-refractivity contribution in [2.45, 2.75) is 17.7 Å². The summed E-state index contributed by atoms with van der Waals surface area (Å²) in [5.41, 5.74) is 6.60. The molecular weight excluding hydrogens is 332 g/mol. The van der Waals surface area contributed by atoms with E-state index < -0.39 is 10.0 Å². The van der Waals surface area contributed by atoms with Crippen LogP contribution in [0, 0.1) is 6.92 Å². The Morgan fingerprint density at radius 3 is 2.67 bits per heavy atom. The number of rotatable bonds is 5. The number of aryl methyl sites for hydroxylation is 1. The summed E-state index contributed by atoms with van der Waals surface area (Å²) < 4.78 is 32.6. The third kappa shape index (κ3) is 3.49. The van der Waals surface area contributed by atoms with E-state index in [4.69, 9.17) is 22.1 Å². The largest absolute Gasteiger partial charge is 0.495 e. The van der Waals surface area contributed by atoms with Gasteiger partial charge in [0.05, 0.1) is 12.8 Å². The predicted octanol–water partition coefficient (Wildman–Crippen LogP) is 2.98. The third-order valence-electron chi connectivity index (χ3n) is 2.83. The van der Waals surface area contributed by atoms with Crippen LogP contribution in [0.25, 0.3) is 0 Å². The number of hydrogen-bond donors (Lipinski definition) is 2. The van der Waals surface area contributed by atoms with Gasteiger partial charge in [-0.15, -0.1) is 11.3 Å². The monoisotopic (exact) mass is 346 g/mol. The van der Waals surface area contributed by atoms with E-state index in [0.717, 1.165) is 21.8 Å². The van der Waals surface area contributed by atoms with Gasteiger partial charge in [-0.3, -0.25) is 4.72 Å². The summed E-state index contributed by atoms with van der Waals surface area (Å²) in [5.74, 6) is 0.366. The van der Waals surface area contributed by atoms with Gasteiger partial charge in [-0.05, 0) is 30.7 Å². The molecule has 2 aromatic rings. The van der Waals surface area contributed by atoms with Gasteiger partial charge in [-0.2, -0.15) is 0 Å². The second kappa shape index (κ2) is 6.23. The smallest absolute Gasteiger partial charge is 0.271 e. The maximum absolute atomic E-state index is 12.4.